The Hall–Kier alpha value is -2.68. The van der Waals surface area contributed by atoms with Crippen molar-refractivity contribution in [1.82, 2.24) is 9.97 Å². The first kappa shape index (κ1) is 22.5. The van der Waals surface area contributed by atoms with E-state index in [1.165, 1.54) is 12.4 Å². The molecule has 0 spiro atoms. The molecule has 7 nitrogen and oxygen atoms in total. The molecule has 32 heavy (non-hydrogen) atoms. The second-order valence-electron chi connectivity index (χ2n) is 7.36. The zero-order chi connectivity index (χ0) is 22.3. The van der Waals surface area contributed by atoms with Crippen LogP contribution >= 0.6 is 11.6 Å². The van der Waals surface area contributed by atoms with Crippen molar-refractivity contribution in [2.24, 2.45) is 0 Å². The van der Waals surface area contributed by atoms with Crippen LogP contribution in [0.5, 0.6) is 11.5 Å². The van der Waals surface area contributed by atoms with Gasteiger partial charge in [0.2, 0.25) is 0 Å². The molecular formula is C23H25ClFN3O4. The minimum Gasteiger partial charge on any atom is -0.493 e. The van der Waals surface area contributed by atoms with Gasteiger partial charge in [-0.3, -0.25) is 0 Å². The van der Waals surface area contributed by atoms with Gasteiger partial charge >= 0.3 is 0 Å². The molecule has 170 valence electrons. The van der Waals surface area contributed by atoms with Gasteiger partial charge < -0.3 is 24.3 Å². The lowest BCUT2D eigenvalue weighted by molar-refractivity contribution is -0.163. The molecular weight excluding hydrogens is 437 g/mol. The van der Waals surface area contributed by atoms with E-state index >= 15 is 0 Å². The molecule has 0 bridgehead atoms. The number of benzene rings is 2. The van der Waals surface area contributed by atoms with Crippen molar-refractivity contribution >= 4 is 34.0 Å². The fraction of sp³-hybridized carbons (Fsp3) is 0.391. The highest BCUT2D eigenvalue weighted by molar-refractivity contribution is 6.30. The van der Waals surface area contributed by atoms with E-state index in [-0.39, 0.29) is 12.0 Å². The van der Waals surface area contributed by atoms with Gasteiger partial charge in [0.15, 0.2) is 17.8 Å². The molecule has 2 heterocycles. The molecule has 0 aliphatic carbocycles. The van der Waals surface area contributed by atoms with Crippen LogP contribution in [0, 0.1) is 5.82 Å². The summed E-state index contributed by atoms with van der Waals surface area (Å²) in [6.07, 6.45) is 5.20. The lowest BCUT2D eigenvalue weighted by Gasteiger charge is -2.22. The zero-order valence-corrected chi connectivity index (χ0v) is 18.5. The molecule has 1 saturated heterocycles. The minimum atomic E-state index is -0.475. The van der Waals surface area contributed by atoms with Crippen LogP contribution in [-0.4, -0.2) is 43.2 Å². The maximum Gasteiger partial charge on any atom is 0.163 e. The number of hydrogen-bond acceptors (Lipinski definition) is 7. The van der Waals surface area contributed by atoms with Gasteiger partial charge in [0, 0.05) is 29.5 Å². The molecule has 1 aromatic heterocycles. The maximum atomic E-state index is 14.2. The second-order valence-corrected chi connectivity index (χ2v) is 7.80. The molecule has 1 N–H and O–H groups in total. The highest BCUT2D eigenvalue weighted by Crippen LogP contribution is 2.35. The van der Waals surface area contributed by atoms with E-state index in [2.05, 4.69) is 15.3 Å². The topological polar surface area (TPSA) is 74.7 Å². The summed E-state index contributed by atoms with van der Waals surface area (Å²) in [7, 11) is 1.56. The number of rotatable bonds is 9. The first-order chi connectivity index (χ1) is 15.6. The summed E-state index contributed by atoms with van der Waals surface area (Å²) in [4.78, 5) is 8.57. The van der Waals surface area contributed by atoms with Crippen LogP contribution in [0.15, 0.2) is 36.7 Å². The number of fused-ring (bicyclic) bond motifs is 1. The normalized spacial score (nSPS) is 16.2. The highest BCUT2D eigenvalue weighted by atomic mass is 35.5. The van der Waals surface area contributed by atoms with E-state index < -0.39 is 5.82 Å². The Morgan fingerprint density at radius 3 is 2.84 bits per heavy atom. The summed E-state index contributed by atoms with van der Waals surface area (Å²) in [6.45, 7) is 1.78. The number of nitrogens with one attached hydrogen (secondary N) is 1. The van der Waals surface area contributed by atoms with E-state index in [9.17, 15) is 4.39 Å². The molecule has 0 radical (unpaired) electrons. The average molecular weight is 462 g/mol. The van der Waals surface area contributed by atoms with Gasteiger partial charge in [0.1, 0.15) is 18.0 Å². The van der Waals surface area contributed by atoms with E-state index in [0.29, 0.717) is 52.9 Å². The highest BCUT2D eigenvalue weighted by Gasteiger charge is 2.15. The summed E-state index contributed by atoms with van der Waals surface area (Å²) in [6, 6.07) is 7.95. The largest absolute Gasteiger partial charge is 0.493 e. The Kier molecular flexibility index (Phi) is 7.57. The van der Waals surface area contributed by atoms with E-state index in [1.54, 1.807) is 31.4 Å². The van der Waals surface area contributed by atoms with E-state index in [0.717, 1.165) is 25.9 Å². The van der Waals surface area contributed by atoms with E-state index in [1.807, 2.05) is 0 Å². The molecule has 1 aliphatic heterocycles. The predicted octanol–water partition coefficient (Wildman–Crippen LogP) is 5.49. The summed E-state index contributed by atoms with van der Waals surface area (Å²) in [5.41, 5.74) is 0.898. The molecule has 1 unspecified atom stereocenters. The van der Waals surface area contributed by atoms with Crippen LogP contribution in [0.1, 0.15) is 25.7 Å². The van der Waals surface area contributed by atoms with Crippen molar-refractivity contribution in [2.75, 3.05) is 32.2 Å². The third-order valence-electron chi connectivity index (χ3n) is 5.09. The fourth-order valence-electron chi connectivity index (χ4n) is 3.45. The number of methoxy groups -OCH3 is 1. The third-order valence-corrected chi connectivity index (χ3v) is 5.33. The second kappa shape index (κ2) is 10.8. The number of nitrogens with zero attached hydrogens (tertiary/aromatic N) is 2. The summed E-state index contributed by atoms with van der Waals surface area (Å²) < 4.78 is 36.9. The lowest BCUT2D eigenvalue weighted by Crippen LogP contribution is -2.23. The Bertz CT molecular complexity index is 1060. The Labute approximate surface area is 190 Å². The molecule has 3 aromatic rings. The Balaban J connectivity index is 1.44. The molecule has 1 aliphatic rings. The quantitative estimate of drug-likeness (QED) is 0.422. The van der Waals surface area contributed by atoms with E-state index in [4.69, 9.17) is 30.5 Å². The maximum absolute atomic E-state index is 14.2. The van der Waals surface area contributed by atoms with Gasteiger partial charge in [-0.1, -0.05) is 11.6 Å². The van der Waals surface area contributed by atoms with Gasteiger partial charge in [-0.05, 0) is 43.5 Å². The first-order valence-electron chi connectivity index (χ1n) is 10.5. The van der Waals surface area contributed by atoms with Crippen molar-refractivity contribution in [3.8, 4) is 11.5 Å². The third kappa shape index (κ3) is 5.56. The van der Waals surface area contributed by atoms with Crippen molar-refractivity contribution < 1.29 is 23.3 Å². The molecule has 9 heteroatoms. The van der Waals surface area contributed by atoms with Crippen molar-refractivity contribution in [3.63, 3.8) is 0 Å². The van der Waals surface area contributed by atoms with Crippen molar-refractivity contribution in [1.29, 1.82) is 0 Å². The smallest absolute Gasteiger partial charge is 0.163 e. The fourth-order valence-corrected chi connectivity index (χ4v) is 3.61. The summed E-state index contributed by atoms with van der Waals surface area (Å²) >= 11 is 5.83. The summed E-state index contributed by atoms with van der Waals surface area (Å²) in [5, 5.41) is 3.99. The van der Waals surface area contributed by atoms with Gasteiger partial charge in [-0.15, -0.1) is 0 Å². The van der Waals surface area contributed by atoms with Gasteiger partial charge in [-0.25, -0.2) is 14.4 Å². The van der Waals surface area contributed by atoms with Crippen molar-refractivity contribution in [3.05, 3.63) is 47.5 Å². The van der Waals surface area contributed by atoms with Crippen LogP contribution in [0.4, 0.5) is 15.9 Å². The summed E-state index contributed by atoms with van der Waals surface area (Å²) in [5.74, 6) is 1.07. The molecule has 4 rings (SSSR count). The predicted molar refractivity (Wildman–Crippen MR) is 120 cm³/mol. The first-order valence-corrected chi connectivity index (χ1v) is 10.9. The van der Waals surface area contributed by atoms with Crippen LogP contribution in [-0.2, 0) is 9.47 Å². The lowest BCUT2D eigenvalue weighted by atomic mass is 10.2. The molecule has 0 amide bonds. The average Bonchev–Trinajstić information content (AvgIpc) is 2.81. The number of ether oxygens (including phenoxy) is 4. The SMILES string of the molecule is COc1cc2c(Nc3ccc(Cl)cc3F)ncnc2cc1OCCCOC1CCCCO1. The minimum absolute atomic E-state index is 0.105. The Morgan fingerprint density at radius 1 is 1.16 bits per heavy atom. The van der Waals surface area contributed by atoms with Crippen LogP contribution in [0.2, 0.25) is 5.02 Å². The standard InChI is InChI=1S/C23H25ClFN3O4/c1-29-20-12-16-19(13-21(20)30-9-4-10-32-22-5-2-3-8-31-22)26-14-27-23(16)28-18-7-6-15(24)11-17(18)25/h6-7,11-14,22H,2-5,8-10H2,1H3,(H,26,27,28). The molecule has 0 saturated carbocycles. The number of anilines is 2. The molecule has 1 atom stereocenters. The van der Waals surface area contributed by atoms with Gasteiger partial charge in [-0.2, -0.15) is 0 Å². The zero-order valence-electron chi connectivity index (χ0n) is 17.8. The van der Waals surface area contributed by atoms with Gasteiger partial charge in [0.25, 0.3) is 0 Å². The van der Waals surface area contributed by atoms with Crippen LogP contribution in [0.25, 0.3) is 10.9 Å². The van der Waals surface area contributed by atoms with Crippen molar-refractivity contribution in [2.45, 2.75) is 32.0 Å². The molecule has 2 aromatic carbocycles. The van der Waals surface area contributed by atoms with Crippen LogP contribution < -0.4 is 14.8 Å². The van der Waals surface area contributed by atoms with Gasteiger partial charge in [0.05, 0.1) is 31.5 Å². The number of halogens is 2. The molecule has 1 fully saturated rings. The number of aromatic nitrogens is 2. The monoisotopic (exact) mass is 461 g/mol. The Morgan fingerprint density at radius 2 is 2.06 bits per heavy atom. The van der Waals surface area contributed by atoms with Crippen LogP contribution in [0.3, 0.4) is 0 Å². The number of hydrogen-bond donors (Lipinski definition) is 1.